The van der Waals surface area contributed by atoms with Gasteiger partial charge in [0.2, 0.25) is 0 Å². The van der Waals surface area contributed by atoms with Crippen LogP contribution in [0.4, 0.5) is 0 Å². The van der Waals surface area contributed by atoms with Gasteiger partial charge in [-0.1, -0.05) is 23.8 Å². The van der Waals surface area contributed by atoms with E-state index in [9.17, 15) is 0 Å². The van der Waals surface area contributed by atoms with Gasteiger partial charge in [0.05, 0.1) is 7.11 Å². The van der Waals surface area contributed by atoms with Crippen molar-refractivity contribution in [1.29, 1.82) is 0 Å². The van der Waals surface area contributed by atoms with Crippen LogP contribution in [0.2, 0.25) is 0 Å². The average Bonchev–Trinajstić information content (AvgIpc) is 2.98. The van der Waals surface area contributed by atoms with Crippen LogP contribution in [0.25, 0.3) is 0 Å². The third-order valence-electron chi connectivity index (χ3n) is 5.52. The Balaban J connectivity index is 1.75. The molecule has 0 aliphatic heterocycles. The fourth-order valence-corrected chi connectivity index (χ4v) is 4.56. The van der Waals surface area contributed by atoms with Crippen LogP contribution in [-0.4, -0.2) is 7.11 Å². The molecule has 1 saturated carbocycles. The lowest BCUT2D eigenvalue weighted by Crippen LogP contribution is -2.33. The Morgan fingerprint density at radius 3 is 2.94 bits per heavy atom. The first-order valence-corrected chi connectivity index (χ1v) is 7.13. The number of fused-ring (bicyclic) bond motifs is 4. The summed E-state index contributed by atoms with van der Waals surface area (Å²) >= 11 is 0. The first-order chi connectivity index (χ1) is 8.81. The van der Waals surface area contributed by atoms with Gasteiger partial charge in [0.1, 0.15) is 5.75 Å². The number of ether oxygens (including phenoxy) is 1. The largest absolute Gasteiger partial charge is 0.496 e. The number of hydrogen-bond donors (Lipinski definition) is 0. The van der Waals surface area contributed by atoms with Gasteiger partial charge in [0.15, 0.2) is 0 Å². The second-order valence-electron chi connectivity index (χ2n) is 6.31. The molecule has 2 atom stereocenters. The Bertz CT molecular complexity index is 514. The SMILES string of the molecule is COc1cccc2c1CC1(CC2)CC2=CCC1C2. The summed E-state index contributed by atoms with van der Waals surface area (Å²) in [7, 11) is 1.81. The standard InChI is InChI=1S/C17H20O/c1-18-16-4-2-3-13-7-8-17(11-15(13)16)10-12-5-6-14(17)9-12/h2-5,14H,6-11H2,1H3. The topological polar surface area (TPSA) is 9.23 Å². The minimum absolute atomic E-state index is 0.575. The van der Waals surface area contributed by atoms with Gasteiger partial charge in [-0.2, -0.15) is 0 Å². The van der Waals surface area contributed by atoms with Crippen LogP contribution in [0, 0.1) is 11.3 Å². The Hall–Kier alpha value is -1.24. The molecule has 0 N–H and O–H groups in total. The molecule has 1 spiro atoms. The first kappa shape index (κ1) is 10.7. The maximum absolute atomic E-state index is 5.58. The van der Waals surface area contributed by atoms with E-state index >= 15 is 0 Å². The highest BCUT2D eigenvalue weighted by molar-refractivity contribution is 5.44. The summed E-state index contributed by atoms with van der Waals surface area (Å²) in [6, 6.07) is 6.56. The van der Waals surface area contributed by atoms with Crippen molar-refractivity contribution in [3.05, 3.63) is 41.0 Å². The number of rotatable bonds is 1. The molecule has 0 heterocycles. The van der Waals surface area contributed by atoms with E-state index in [1.807, 2.05) is 0 Å². The highest BCUT2D eigenvalue weighted by Gasteiger charge is 2.48. The fraction of sp³-hybridized carbons (Fsp3) is 0.529. The van der Waals surface area contributed by atoms with E-state index in [2.05, 4.69) is 24.3 Å². The zero-order valence-corrected chi connectivity index (χ0v) is 11.0. The predicted octanol–water partition coefficient (Wildman–Crippen LogP) is 3.91. The Morgan fingerprint density at radius 1 is 1.28 bits per heavy atom. The quantitative estimate of drug-likeness (QED) is 0.676. The summed E-state index contributed by atoms with van der Waals surface area (Å²) in [6.45, 7) is 0. The van der Waals surface area contributed by atoms with Crippen molar-refractivity contribution in [2.24, 2.45) is 11.3 Å². The van der Waals surface area contributed by atoms with Crippen LogP contribution in [-0.2, 0) is 12.8 Å². The van der Waals surface area contributed by atoms with Crippen LogP contribution in [0.15, 0.2) is 29.8 Å². The molecule has 0 amide bonds. The van der Waals surface area contributed by atoms with Crippen molar-refractivity contribution in [2.45, 2.75) is 38.5 Å². The number of aryl methyl sites for hydroxylation is 1. The number of hydrogen-bond acceptors (Lipinski definition) is 1. The van der Waals surface area contributed by atoms with E-state index in [0.717, 1.165) is 11.7 Å². The summed E-state index contributed by atoms with van der Waals surface area (Å²) in [5.41, 5.74) is 5.33. The third-order valence-corrected chi connectivity index (χ3v) is 5.52. The van der Waals surface area contributed by atoms with Crippen molar-refractivity contribution in [2.75, 3.05) is 7.11 Å². The average molecular weight is 240 g/mol. The highest BCUT2D eigenvalue weighted by atomic mass is 16.5. The van der Waals surface area contributed by atoms with Gasteiger partial charge < -0.3 is 4.74 Å². The van der Waals surface area contributed by atoms with Crippen molar-refractivity contribution >= 4 is 0 Å². The molecule has 2 bridgehead atoms. The fourth-order valence-electron chi connectivity index (χ4n) is 4.56. The number of methoxy groups -OCH3 is 1. The second-order valence-corrected chi connectivity index (χ2v) is 6.31. The molecule has 3 aliphatic carbocycles. The van der Waals surface area contributed by atoms with Crippen LogP contribution in [0.1, 0.15) is 36.8 Å². The minimum atomic E-state index is 0.575. The van der Waals surface area contributed by atoms with Crippen LogP contribution < -0.4 is 4.74 Å². The summed E-state index contributed by atoms with van der Waals surface area (Å²) in [4.78, 5) is 0. The van der Waals surface area contributed by atoms with Gasteiger partial charge in [-0.05, 0) is 67.1 Å². The first-order valence-electron chi connectivity index (χ1n) is 7.13. The molecule has 0 saturated heterocycles. The van der Waals surface area contributed by atoms with Crippen molar-refractivity contribution < 1.29 is 4.74 Å². The summed E-state index contributed by atoms with van der Waals surface area (Å²) < 4.78 is 5.58. The predicted molar refractivity (Wildman–Crippen MR) is 72.9 cm³/mol. The molecule has 1 heteroatoms. The van der Waals surface area contributed by atoms with Crippen molar-refractivity contribution in [1.82, 2.24) is 0 Å². The zero-order chi connectivity index (χ0) is 12.2. The van der Waals surface area contributed by atoms with Crippen molar-refractivity contribution in [3.63, 3.8) is 0 Å². The Morgan fingerprint density at radius 2 is 2.22 bits per heavy atom. The van der Waals surface area contributed by atoms with E-state index in [4.69, 9.17) is 4.74 Å². The van der Waals surface area contributed by atoms with Crippen LogP contribution >= 0.6 is 0 Å². The molecule has 4 rings (SSSR count). The van der Waals surface area contributed by atoms with E-state index < -0.39 is 0 Å². The monoisotopic (exact) mass is 240 g/mol. The molecule has 1 aromatic rings. The maximum Gasteiger partial charge on any atom is 0.122 e. The maximum atomic E-state index is 5.58. The van der Waals surface area contributed by atoms with Crippen LogP contribution in [0.5, 0.6) is 5.75 Å². The van der Waals surface area contributed by atoms with E-state index in [0.29, 0.717) is 5.41 Å². The molecule has 2 unspecified atom stereocenters. The summed E-state index contributed by atoms with van der Waals surface area (Å²) in [6.07, 6.45) is 10.4. The molecular weight excluding hydrogens is 220 g/mol. The molecule has 94 valence electrons. The Kier molecular flexibility index (Phi) is 2.15. The van der Waals surface area contributed by atoms with E-state index in [-0.39, 0.29) is 0 Å². The van der Waals surface area contributed by atoms with Gasteiger partial charge in [-0.15, -0.1) is 0 Å². The van der Waals surface area contributed by atoms with E-state index in [1.54, 1.807) is 12.7 Å². The smallest absolute Gasteiger partial charge is 0.122 e. The summed E-state index contributed by atoms with van der Waals surface area (Å²) in [5, 5.41) is 0. The van der Waals surface area contributed by atoms with E-state index in [1.165, 1.54) is 49.7 Å². The second kappa shape index (κ2) is 3.63. The van der Waals surface area contributed by atoms with Gasteiger partial charge in [-0.25, -0.2) is 0 Å². The van der Waals surface area contributed by atoms with Gasteiger partial charge in [-0.3, -0.25) is 0 Å². The molecule has 18 heavy (non-hydrogen) atoms. The molecule has 1 fully saturated rings. The van der Waals surface area contributed by atoms with Gasteiger partial charge >= 0.3 is 0 Å². The molecule has 1 nitrogen and oxygen atoms in total. The lowest BCUT2D eigenvalue weighted by atomic mass is 9.64. The molecule has 0 radical (unpaired) electrons. The molecular formula is C17H20O. The van der Waals surface area contributed by atoms with Gasteiger partial charge in [0, 0.05) is 0 Å². The lowest BCUT2D eigenvalue weighted by Gasteiger charge is -2.41. The third kappa shape index (κ3) is 1.33. The number of benzene rings is 1. The lowest BCUT2D eigenvalue weighted by molar-refractivity contribution is 0.166. The molecule has 3 aliphatic rings. The summed E-state index contributed by atoms with van der Waals surface area (Å²) in [5.74, 6) is 2.04. The van der Waals surface area contributed by atoms with Crippen LogP contribution in [0.3, 0.4) is 0 Å². The molecule has 1 aromatic carbocycles. The molecule has 0 aromatic heterocycles. The minimum Gasteiger partial charge on any atom is -0.496 e. The zero-order valence-electron chi connectivity index (χ0n) is 11.0. The number of allylic oxidation sites excluding steroid dienone is 2. The normalized spacial score (nSPS) is 32.5. The van der Waals surface area contributed by atoms with Gasteiger partial charge in [0.25, 0.3) is 0 Å². The highest BCUT2D eigenvalue weighted by Crippen LogP contribution is 2.58. The Labute approximate surface area is 109 Å². The van der Waals surface area contributed by atoms with Crippen molar-refractivity contribution in [3.8, 4) is 5.75 Å².